The normalized spacial score (nSPS) is 20.6. The molecular formula is C17H25N3O. The van der Waals surface area contributed by atoms with Crippen molar-refractivity contribution < 1.29 is 4.42 Å². The number of fused-ring (bicyclic) bond motifs is 1. The number of aromatic nitrogens is 2. The van der Waals surface area contributed by atoms with Crippen molar-refractivity contribution in [1.82, 2.24) is 9.55 Å². The van der Waals surface area contributed by atoms with Crippen LogP contribution in [-0.4, -0.2) is 9.55 Å². The first-order chi connectivity index (χ1) is 9.77. The van der Waals surface area contributed by atoms with E-state index in [4.69, 9.17) is 10.2 Å². The van der Waals surface area contributed by atoms with Gasteiger partial charge in [-0.05, 0) is 50.7 Å². The van der Waals surface area contributed by atoms with Crippen LogP contribution in [-0.2, 0) is 13.0 Å². The van der Waals surface area contributed by atoms with Crippen molar-refractivity contribution in [3.63, 3.8) is 0 Å². The molecule has 0 saturated heterocycles. The van der Waals surface area contributed by atoms with Crippen LogP contribution < -0.4 is 5.73 Å². The van der Waals surface area contributed by atoms with Crippen LogP contribution in [0.15, 0.2) is 10.5 Å². The van der Waals surface area contributed by atoms with E-state index in [1.54, 1.807) is 0 Å². The van der Waals surface area contributed by atoms with Gasteiger partial charge in [0.05, 0.1) is 12.2 Å². The number of rotatable bonds is 2. The van der Waals surface area contributed by atoms with Gasteiger partial charge >= 0.3 is 0 Å². The van der Waals surface area contributed by atoms with Gasteiger partial charge in [0.2, 0.25) is 5.89 Å². The molecule has 1 aliphatic rings. The molecule has 1 unspecified atom stereocenters. The Hall–Kier alpha value is -1.55. The maximum atomic E-state index is 6.37. The Morgan fingerprint density at radius 3 is 2.71 bits per heavy atom. The molecule has 2 N–H and O–H groups in total. The number of hydrogen-bond acceptors (Lipinski definition) is 3. The molecule has 0 aromatic carbocycles. The van der Waals surface area contributed by atoms with Gasteiger partial charge in [-0.1, -0.05) is 13.8 Å². The number of hydrogen-bond donors (Lipinski definition) is 1. The van der Waals surface area contributed by atoms with E-state index in [9.17, 15) is 0 Å². The van der Waals surface area contributed by atoms with Crippen molar-refractivity contribution in [2.45, 2.75) is 60.0 Å². The van der Waals surface area contributed by atoms with Crippen molar-refractivity contribution in [2.24, 2.45) is 11.1 Å². The van der Waals surface area contributed by atoms with E-state index in [1.807, 2.05) is 13.8 Å². The van der Waals surface area contributed by atoms with Gasteiger partial charge in [0.25, 0.3) is 0 Å². The summed E-state index contributed by atoms with van der Waals surface area (Å²) in [6, 6.07) is 2.37. The molecule has 1 aliphatic carbocycles. The van der Waals surface area contributed by atoms with Crippen LogP contribution in [0.2, 0.25) is 0 Å². The molecule has 21 heavy (non-hydrogen) atoms. The second-order valence-corrected chi connectivity index (χ2v) is 7.17. The molecule has 0 bridgehead atoms. The van der Waals surface area contributed by atoms with E-state index in [2.05, 4.69) is 36.4 Å². The van der Waals surface area contributed by atoms with Crippen LogP contribution in [0.4, 0.5) is 0 Å². The van der Waals surface area contributed by atoms with Crippen LogP contribution in [0.3, 0.4) is 0 Å². The Bertz CT molecular complexity index is 659. The second-order valence-electron chi connectivity index (χ2n) is 7.17. The van der Waals surface area contributed by atoms with Gasteiger partial charge in [0, 0.05) is 17.4 Å². The lowest BCUT2D eigenvalue weighted by atomic mass is 9.74. The quantitative estimate of drug-likeness (QED) is 0.920. The minimum atomic E-state index is 0.136. The van der Waals surface area contributed by atoms with Crippen molar-refractivity contribution in [2.75, 3.05) is 0 Å². The average Bonchev–Trinajstić information content (AvgIpc) is 2.82. The Labute approximate surface area is 126 Å². The van der Waals surface area contributed by atoms with Crippen LogP contribution in [0.1, 0.15) is 60.6 Å². The minimum Gasteiger partial charge on any atom is -0.444 e. The summed E-state index contributed by atoms with van der Waals surface area (Å²) in [4.78, 5) is 4.51. The monoisotopic (exact) mass is 287 g/mol. The third-order valence-electron chi connectivity index (χ3n) is 4.63. The Kier molecular flexibility index (Phi) is 3.24. The Balaban J connectivity index is 2.00. The molecule has 4 nitrogen and oxygen atoms in total. The van der Waals surface area contributed by atoms with E-state index in [1.165, 1.54) is 17.0 Å². The molecule has 0 spiro atoms. The predicted molar refractivity (Wildman–Crippen MR) is 83.3 cm³/mol. The number of oxazole rings is 1. The lowest BCUT2D eigenvalue weighted by Gasteiger charge is -2.34. The van der Waals surface area contributed by atoms with Gasteiger partial charge in [-0.25, -0.2) is 4.98 Å². The lowest BCUT2D eigenvalue weighted by Crippen LogP contribution is -2.30. The molecule has 2 aromatic heterocycles. The topological polar surface area (TPSA) is 57.0 Å². The summed E-state index contributed by atoms with van der Waals surface area (Å²) in [5.41, 5.74) is 11.5. The highest BCUT2D eigenvalue weighted by Gasteiger charge is 2.33. The van der Waals surface area contributed by atoms with Gasteiger partial charge in [0.1, 0.15) is 5.76 Å². The minimum absolute atomic E-state index is 0.136. The zero-order chi connectivity index (χ0) is 15.4. The summed E-state index contributed by atoms with van der Waals surface area (Å²) in [7, 11) is 0. The van der Waals surface area contributed by atoms with Gasteiger partial charge < -0.3 is 14.7 Å². The predicted octanol–water partition coefficient (Wildman–Crippen LogP) is 3.42. The average molecular weight is 287 g/mol. The lowest BCUT2D eigenvalue weighted by molar-refractivity contribution is 0.274. The number of nitrogens with two attached hydrogens (primary N) is 1. The molecule has 2 heterocycles. The van der Waals surface area contributed by atoms with Crippen LogP contribution >= 0.6 is 0 Å². The molecule has 1 atom stereocenters. The first-order valence-electron chi connectivity index (χ1n) is 7.64. The maximum Gasteiger partial charge on any atom is 0.214 e. The van der Waals surface area contributed by atoms with Gasteiger partial charge in [0.15, 0.2) is 0 Å². The summed E-state index contributed by atoms with van der Waals surface area (Å²) in [6.07, 6.45) is 2.10. The molecular weight excluding hydrogens is 262 g/mol. The van der Waals surface area contributed by atoms with Crippen LogP contribution in [0.25, 0.3) is 0 Å². The third-order valence-corrected chi connectivity index (χ3v) is 4.63. The molecule has 0 fully saturated rings. The van der Waals surface area contributed by atoms with E-state index in [-0.39, 0.29) is 11.5 Å². The molecule has 0 amide bonds. The first-order valence-corrected chi connectivity index (χ1v) is 7.64. The number of nitrogens with zero attached hydrogens (tertiary/aromatic N) is 2. The smallest absolute Gasteiger partial charge is 0.214 e. The van der Waals surface area contributed by atoms with E-state index in [0.717, 1.165) is 30.2 Å². The summed E-state index contributed by atoms with van der Waals surface area (Å²) >= 11 is 0. The highest BCUT2D eigenvalue weighted by Crippen LogP contribution is 2.41. The fourth-order valence-electron chi connectivity index (χ4n) is 3.47. The SMILES string of the molecule is Cc1nc(Cn2c(C)cc3c2CC(C)(C)CC3N)oc1C. The molecule has 114 valence electrons. The fourth-order valence-corrected chi connectivity index (χ4v) is 3.47. The molecule has 0 aliphatic heterocycles. The third kappa shape index (κ3) is 2.53. The Morgan fingerprint density at radius 1 is 1.38 bits per heavy atom. The van der Waals surface area contributed by atoms with Crippen LogP contribution in [0.5, 0.6) is 0 Å². The van der Waals surface area contributed by atoms with Gasteiger partial charge in [-0.15, -0.1) is 0 Å². The summed E-state index contributed by atoms with van der Waals surface area (Å²) in [6.45, 7) is 11.4. The molecule has 3 rings (SSSR count). The zero-order valence-electron chi connectivity index (χ0n) is 13.7. The number of aryl methyl sites for hydroxylation is 3. The van der Waals surface area contributed by atoms with Crippen molar-refractivity contribution >= 4 is 0 Å². The highest BCUT2D eigenvalue weighted by atomic mass is 16.4. The first kappa shape index (κ1) is 14.4. The van der Waals surface area contributed by atoms with Crippen molar-refractivity contribution in [3.05, 3.63) is 40.4 Å². The summed E-state index contributed by atoms with van der Waals surface area (Å²) in [5, 5.41) is 0. The second kappa shape index (κ2) is 4.73. The standard InChI is InChI=1S/C17H25N3O/c1-10-6-13-14(18)7-17(4,5)8-15(13)20(10)9-16-19-11(2)12(3)21-16/h6,14H,7-9,18H2,1-5H3. The van der Waals surface area contributed by atoms with E-state index in [0.29, 0.717) is 6.54 Å². The van der Waals surface area contributed by atoms with Crippen LogP contribution in [0, 0.1) is 26.2 Å². The molecule has 2 aromatic rings. The van der Waals surface area contributed by atoms with Crippen molar-refractivity contribution in [3.8, 4) is 0 Å². The van der Waals surface area contributed by atoms with Gasteiger partial charge in [-0.2, -0.15) is 0 Å². The largest absolute Gasteiger partial charge is 0.444 e. The van der Waals surface area contributed by atoms with E-state index < -0.39 is 0 Å². The maximum absolute atomic E-state index is 6.37. The summed E-state index contributed by atoms with van der Waals surface area (Å²) in [5.74, 6) is 1.68. The zero-order valence-corrected chi connectivity index (χ0v) is 13.7. The summed E-state index contributed by atoms with van der Waals surface area (Å²) < 4.78 is 8.07. The van der Waals surface area contributed by atoms with Crippen molar-refractivity contribution in [1.29, 1.82) is 0 Å². The fraction of sp³-hybridized carbons (Fsp3) is 0.588. The van der Waals surface area contributed by atoms with E-state index >= 15 is 0 Å². The highest BCUT2D eigenvalue weighted by molar-refractivity contribution is 5.34. The molecule has 0 saturated carbocycles. The van der Waals surface area contributed by atoms with Gasteiger partial charge in [-0.3, -0.25) is 0 Å². The Morgan fingerprint density at radius 2 is 2.10 bits per heavy atom. The molecule has 0 radical (unpaired) electrons. The molecule has 4 heteroatoms.